The number of aliphatic hydroxyl groups excluding tert-OH is 1. The average molecular weight is 285 g/mol. The molecular formula is C16H32O2Si. The van der Waals surface area contributed by atoms with Gasteiger partial charge in [0.05, 0.1) is 0 Å². The van der Waals surface area contributed by atoms with E-state index in [2.05, 4.69) is 53.4 Å². The fourth-order valence-electron chi connectivity index (χ4n) is 3.15. The van der Waals surface area contributed by atoms with E-state index < -0.39 is 8.32 Å². The summed E-state index contributed by atoms with van der Waals surface area (Å²) >= 11 is 0. The van der Waals surface area contributed by atoms with Crippen LogP contribution in [0.25, 0.3) is 0 Å². The van der Waals surface area contributed by atoms with Crippen LogP contribution in [0.3, 0.4) is 0 Å². The van der Waals surface area contributed by atoms with Gasteiger partial charge in [-0.05, 0) is 23.5 Å². The van der Waals surface area contributed by atoms with E-state index in [4.69, 9.17) is 4.43 Å². The van der Waals surface area contributed by atoms with Crippen LogP contribution in [0.1, 0.15) is 55.4 Å². The zero-order valence-corrected chi connectivity index (χ0v) is 14.9. The Morgan fingerprint density at radius 1 is 0.947 bits per heavy atom. The molecule has 0 amide bonds. The van der Waals surface area contributed by atoms with Crippen molar-refractivity contribution in [3.05, 3.63) is 0 Å². The van der Waals surface area contributed by atoms with Crippen LogP contribution in [-0.2, 0) is 4.43 Å². The van der Waals surface area contributed by atoms with Crippen LogP contribution in [-0.4, -0.2) is 26.1 Å². The van der Waals surface area contributed by atoms with E-state index >= 15 is 0 Å². The normalized spacial score (nSPS) is 15.6. The predicted molar refractivity (Wildman–Crippen MR) is 85.6 cm³/mol. The van der Waals surface area contributed by atoms with E-state index in [-0.39, 0.29) is 18.6 Å². The Balaban J connectivity index is 5.43. The van der Waals surface area contributed by atoms with Crippen LogP contribution in [0.15, 0.2) is 0 Å². The quantitative estimate of drug-likeness (QED) is 0.561. The topological polar surface area (TPSA) is 29.5 Å². The summed E-state index contributed by atoms with van der Waals surface area (Å²) in [4.78, 5) is 0. The minimum absolute atomic E-state index is 0.0653. The van der Waals surface area contributed by atoms with Crippen LogP contribution in [0.4, 0.5) is 0 Å². The first-order valence-corrected chi connectivity index (χ1v) is 9.58. The van der Waals surface area contributed by atoms with Crippen molar-refractivity contribution in [3.8, 4) is 11.8 Å². The molecule has 0 aromatic rings. The number of hydrogen-bond acceptors (Lipinski definition) is 2. The molecule has 3 heteroatoms. The minimum Gasteiger partial charge on any atom is -0.402 e. The van der Waals surface area contributed by atoms with Gasteiger partial charge < -0.3 is 9.53 Å². The molecule has 1 N–H and O–H groups in total. The lowest BCUT2D eigenvalue weighted by atomic mass is 10.1. The van der Waals surface area contributed by atoms with E-state index in [9.17, 15) is 5.11 Å². The molecule has 112 valence electrons. The molecule has 0 fully saturated rings. The van der Waals surface area contributed by atoms with Crippen molar-refractivity contribution in [1.29, 1.82) is 0 Å². The maximum atomic E-state index is 9.41. The molecule has 0 saturated carbocycles. The minimum atomic E-state index is -1.92. The zero-order chi connectivity index (χ0) is 15.2. The van der Waals surface area contributed by atoms with E-state index in [1.165, 1.54) is 0 Å². The third-order valence-electron chi connectivity index (χ3n) is 4.13. The summed E-state index contributed by atoms with van der Waals surface area (Å²) in [6, 6.07) is 0. The zero-order valence-electron chi connectivity index (χ0n) is 13.9. The van der Waals surface area contributed by atoms with Crippen molar-refractivity contribution < 1.29 is 9.53 Å². The molecule has 0 spiro atoms. The standard InChI is InChI=1S/C16H32O2Si/c1-9-10-16(15(8)11-17)18-19(12(2)3,13(4)5)14(6)7/h12-17H,11H2,1-8H3/t15-,16+/m0/s1. The molecule has 0 aromatic carbocycles. The van der Waals surface area contributed by atoms with Gasteiger partial charge >= 0.3 is 0 Å². The Labute approximate surface area is 121 Å². The highest BCUT2D eigenvalue weighted by molar-refractivity contribution is 6.77. The van der Waals surface area contributed by atoms with Crippen molar-refractivity contribution in [2.45, 2.75) is 78.1 Å². The molecule has 0 heterocycles. The van der Waals surface area contributed by atoms with Crippen molar-refractivity contribution in [3.63, 3.8) is 0 Å². The van der Waals surface area contributed by atoms with E-state index in [1.807, 2.05) is 13.8 Å². The third-order valence-corrected chi connectivity index (χ3v) is 10.2. The molecule has 2 nitrogen and oxygen atoms in total. The molecule has 0 aliphatic rings. The smallest absolute Gasteiger partial charge is 0.202 e. The van der Waals surface area contributed by atoms with Crippen molar-refractivity contribution in [1.82, 2.24) is 0 Å². The largest absolute Gasteiger partial charge is 0.402 e. The van der Waals surface area contributed by atoms with E-state index in [0.29, 0.717) is 16.6 Å². The summed E-state index contributed by atoms with van der Waals surface area (Å²) in [5, 5.41) is 9.41. The number of hydrogen-bond donors (Lipinski definition) is 1. The molecule has 19 heavy (non-hydrogen) atoms. The second-order valence-corrected chi connectivity index (χ2v) is 11.8. The second kappa shape index (κ2) is 8.09. The summed E-state index contributed by atoms with van der Waals surface area (Å²) in [6.45, 7) is 17.6. The van der Waals surface area contributed by atoms with Crippen molar-refractivity contribution >= 4 is 8.32 Å². The van der Waals surface area contributed by atoms with Gasteiger partial charge in [0.15, 0.2) is 0 Å². The number of aliphatic hydroxyl groups is 1. The van der Waals surface area contributed by atoms with Crippen molar-refractivity contribution in [2.75, 3.05) is 6.61 Å². The highest BCUT2D eigenvalue weighted by Gasteiger charge is 2.47. The maximum Gasteiger partial charge on any atom is 0.202 e. The fraction of sp³-hybridized carbons (Fsp3) is 0.875. The molecule has 0 rings (SSSR count). The first-order chi connectivity index (χ1) is 8.73. The molecule has 0 aromatic heterocycles. The molecule has 2 atom stereocenters. The van der Waals surface area contributed by atoms with Crippen molar-refractivity contribution in [2.24, 2.45) is 5.92 Å². The first-order valence-electron chi connectivity index (χ1n) is 7.44. The lowest BCUT2D eigenvalue weighted by Crippen LogP contribution is -2.51. The summed E-state index contributed by atoms with van der Waals surface area (Å²) < 4.78 is 6.62. The lowest BCUT2D eigenvalue weighted by molar-refractivity contribution is 0.120. The van der Waals surface area contributed by atoms with Gasteiger partial charge in [-0.2, -0.15) is 0 Å². The molecule has 0 bridgehead atoms. The van der Waals surface area contributed by atoms with Gasteiger partial charge in [-0.15, -0.1) is 5.92 Å². The van der Waals surface area contributed by atoms with Crippen LogP contribution < -0.4 is 0 Å². The molecule has 0 radical (unpaired) electrons. The van der Waals surface area contributed by atoms with Crippen LogP contribution in [0.2, 0.25) is 16.6 Å². The highest BCUT2D eigenvalue weighted by atomic mass is 28.4. The van der Waals surface area contributed by atoms with E-state index in [0.717, 1.165) is 0 Å². The molecule has 0 unspecified atom stereocenters. The predicted octanol–water partition coefficient (Wildman–Crippen LogP) is 4.20. The summed E-state index contributed by atoms with van der Waals surface area (Å²) in [7, 11) is -1.92. The number of rotatable bonds is 7. The van der Waals surface area contributed by atoms with Gasteiger partial charge in [-0.3, -0.25) is 0 Å². The first kappa shape index (κ1) is 18.7. The lowest BCUT2D eigenvalue weighted by Gasteiger charge is -2.44. The molecule has 0 saturated heterocycles. The Kier molecular flexibility index (Phi) is 7.96. The summed E-state index contributed by atoms with van der Waals surface area (Å²) in [5.41, 5.74) is 1.62. The van der Waals surface area contributed by atoms with Gasteiger partial charge in [0.25, 0.3) is 0 Å². The average Bonchev–Trinajstić information content (AvgIpc) is 2.31. The van der Waals surface area contributed by atoms with Gasteiger partial charge in [-0.25, -0.2) is 0 Å². The van der Waals surface area contributed by atoms with Gasteiger partial charge in [0.2, 0.25) is 8.32 Å². The Morgan fingerprint density at radius 2 is 1.37 bits per heavy atom. The van der Waals surface area contributed by atoms with E-state index in [1.54, 1.807) is 0 Å². The SMILES string of the molecule is CC#C[C@@H](O[Si](C(C)C)(C(C)C)C(C)C)[C@@H](C)CO. The monoisotopic (exact) mass is 284 g/mol. The third kappa shape index (κ3) is 4.34. The maximum absolute atomic E-state index is 9.41. The Hall–Kier alpha value is -0.303. The molecule has 0 aliphatic heterocycles. The van der Waals surface area contributed by atoms with Gasteiger partial charge in [0, 0.05) is 12.5 Å². The van der Waals surface area contributed by atoms with Crippen LogP contribution in [0, 0.1) is 17.8 Å². The summed E-state index contributed by atoms with van der Waals surface area (Å²) in [5.74, 6) is 6.18. The molecule has 0 aliphatic carbocycles. The Morgan fingerprint density at radius 3 is 1.63 bits per heavy atom. The second-order valence-electron chi connectivity index (χ2n) is 6.41. The van der Waals surface area contributed by atoms with Crippen LogP contribution in [0.5, 0.6) is 0 Å². The Bertz CT molecular complexity index is 291. The van der Waals surface area contributed by atoms with Crippen LogP contribution >= 0.6 is 0 Å². The molecular weight excluding hydrogens is 252 g/mol. The van der Waals surface area contributed by atoms with Gasteiger partial charge in [0.1, 0.15) is 6.10 Å². The van der Waals surface area contributed by atoms with Gasteiger partial charge in [-0.1, -0.05) is 54.4 Å². The summed E-state index contributed by atoms with van der Waals surface area (Å²) in [6.07, 6.45) is -0.145. The highest BCUT2D eigenvalue weighted by Crippen LogP contribution is 2.43. The fourth-order valence-corrected chi connectivity index (χ4v) is 8.70.